The van der Waals surface area contributed by atoms with Crippen LogP contribution in [0.25, 0.3) is 0 Å². The zero-order valence-electron chi connectivity index (χ0n) is 14.4. The molecule has 23 heavy (non-hydrogen) atoms. The summed E-state index contributed by atoms with van der Waals surface area (Å²) in [6.07, 6.45) is 2.74. The molecule has 4 nitrogen and oxygen atoms in total. The van der Waals surface area contributed by atoms with Crippen molar-refractivity contribution in [3.05, 3.63) is 29.8 Å². The molecule has 1 aromatic carbocycles. The van der Waals surface area contributed by atoms with E-state index in [1.165, 1.54) is 5.56 Å². The first-order valence-corrected chi connectivity index (χ1v) is 8.82. The average Bonchev–Trinajstić information content (AvgIpc) is 2.89. The van der Waals surface area contributed by atoms with Gasteiger partial charge in [0.2, 0.25) is 5.91 Å². The quantitative estimate of drug-likeness (QED) is 0.931. The number of benzene rings is 1. The molecule has 0 radical (unpaired) electrons. The molecule has 4 heteroatoms. The van der Waals surface area contributed by atoms with E-state index < -0.39 is 0 Å². The normalized spacial score (nSPS) is 27.6. The predicted molar refractivity (Wildman–Crippen MR) is 92.5 cm³/mol. The van der Waals surface area contributed by atoms with Crippen molar-refractivity contribution in [3.63, 3.8) is 0 Å². The number of carbonyl (C=O) groups excluding carboxylic acids is 1. The molecule has 2 aliphatic rings. The first kappa shape index (κ1) is 16.5. The summed E-state index contributed by atoms with van der Waals surface area (Å²) < 4.78 is 0. The number of aliphatic hydroxyl groups excluding tert-OH is 1. The van der Waals surface area contributed by atoms with Gasteiger partial charge in [-0.15, -0.1) is 0 Å². The van der Waals surface area contributed by atoms with Crippen molar-refractivity contribution < 1.29 is 9.90 Å². The van der Waals surface area contributed by atoms with Gasteiger partial charge >= 0.3 is 0 Å². The van der Waals surface area contributed by atoms with Gasteiger partial charge in [0.1, 0.15) is 0 Å². The van der Waals surface area contributed by atoms with E-state index in [-0.39, 0.29) is 30.0 Å². The van der Waals surface area contributed by atoms with Crippen LogP contribution in [0.2, 0.25) is 0 Å². The molecule has 0 spiro atoms. The highest BCUT2D eigenvalue weighted by molar-refractivity contribution is 5.99. The Balaban J connectivity index is 1.75. The molecule has 2 aliphatic heterocycles. The standard InChI is InChI=1S/C19H28N2O2/c1-13-11-16-7-4-5-9-18(16)21(13)19(23)14(2)20-10-6-8-17(12-20)15(3)22/h4-5,7,9,13-15,17,22H,6,8,10-12H2,1-3H3. The predicted octanol–water partition coefficient (Wildman–Crippen LogP) is 2.45. The number of hydrogen-bond donors (Lipinski definition) is 1. The van der Waals surface area contributed by atoms with Crippen LogP contribution in [0.5, 0.6) is 0 Å². The lowest BCUT2D eigenvalue weighted by Crippen LogP contribution is -2.52. The van der Waals surface area contributed by atoms with Crippen molar-refractivity contribution in [3.8, 4) is 0 Å². The van der Waals surface area contributed by atoms with Crippen LogP contribution in [-0.4, -0.2) is 47.2 Å². The first-order chi connectivity index (χ1) is 11.0. The Morgan fingerprint density at radius 2 is 2.04 bits per heavy atom. The van der Waals surface area contributed by atoms with E-state index in [1.807, 2.05) is 30.9 Å². The van der Waals surface area contributed by atoms with E-state index in [1.54, 1.807) is 0 Å². The molecule has 1 amide bonds. The lowest BCUT2D eigenvalue weighted by Gasteiger charge is -2.39. The van der Waals surface area contributed by atoms with Gasteiger partial charge in [0.15, 0.2) is 0 Å². The minimum atomic E-state index is -0.300. The van der Waals surface area contributed by atoms with Crippen molar-refractivity contribution in [1.82, 2.24) is 4.90 Å². The minimum absolute atomic E-state index is 0.134. The Labute approximate surface area is 139 Å². The van der Waals surface area contributed by atoms with E-state index in [4.69, 9.17) is 0 Å². The number of piperidine rings is 1. The summed E-state index contributed by atoms with van der Waals surface area (Å²) in [5.41, 5.74) is 2.34. The van der Waals surface area contributed by atoms with E-state index in [9.17, 15) is 9.90 Å². The summed E-state index contributed by atoms with van der Waals surface area (Å²) in [6, 6.07) is 8.31. The highest BCUT2D eigenvalue weighted by Gasteiger charge is 2.36. The topological polar surface area (TPSA) is 43.8 Å². The summed E-state index contributed by atoms with van der Waals surface area (Å²) in [4.78, 5) is 17.3. The molecule has 1 N–H and O–H groups in total. The number of para-hydroxylation sites is 1. The van der Waals surface area contributed by atoms with Gasteiger partial charge in [-0.1, -0.05) is 18.2 Å². The number of aliphatic hydroxyl groups is 1. The van der Waals surface area contributed by atoms with Crippen molar-refractivity contribution in [2.45, 2.75) is 58.2 Å². The van der Waals surface area contributed by atoms with Gasteiger partial charge < -0.3 is 10.0 Å². The maximum atomic E-state index is 13.1. The SMILES string of the molecule is CC(O)C1CCCN(C(C)C(=O)N2c3ccccc3CC2C)C1. The van der Waals surface area contributed by atoms with Gasteiger partial charge in [-0.05, 0) is 64.1 Å². The third kappa shape index (κ3) is 3.15. The first-order valence-electron chi connectivity index (χ1n) is 8.82. The second-order valence-corrected chi connectivity index (χ2v) is 7.20. The van der Waals surface area contributed by atoms with Crippen LogP contribution in [0.1, 0.15) is 39.2 Å². The number of carbonyl (C=O) groups is 1. The molecular weight excluding hydrogens is 288 g/mol. The van der Waals surface area contributed by atoms with Crippen LogP contribution in [-0.2, 0) is 11.2 Å². The van der Waals surface area contributed by atoms with Crippen molar-refractivity contribution in [2.24, 2.45) is 5.92 Å². The van der Waals surface area contributed by atoms with E-state index in [0.29, 0.717) is 0 Å². The Kier molecular flexibility index (Phi) is 4.74. The van der Waals surface area contributed by atoms with E-state index in [2.05, 4.69) is 24.0 Å². The van der Waals surface area contributed by atoms with Gasteiger partial charge in [0.25, 0.3) is 0 Å². The molecule has 0 aromatic heterocycles. The van der Waals surface area contributed by atoms with Crippen molar-refractivity contribution >= 4 is 11.6 Å². The monoisotopic (exact) mass is 316 g/mol. The van der Waals surface area contributed by atoms with Crippen LogP contribution in [0.3, 0.4) is 0 Å². The van der Waals surface area contributed by atoms with Crippen LogP contribution in [0, 0.1) is 5.92 Å². The van der Waals surface area contributed by atoms with Crippen LogP contribution in [0.4, 0.5) is 5.69 Å². The summed E-state index contributed by atoms with van der Waals surface area (Å²) in [5.74, 6) is 0.469. The molecule has 0 aliphatic carbocycles. The zero-order valence-corrected chi connectivity index (χ0v) is 14.4. The second kappa shape index (κ2) is 6.62. The molecule has 4 unspecified atom stereocenters. The van der Waals surface area contributed by atoms with Crippen molar-refractivity contribution in [1.29, 1.82) is 0 Å². The Bertz CT molecular complexity index is 572. The molecule has 4 atom stereocenters. The molecular formula is C19H28N2O2. The number of nitrogens with zero attached hydrogens (tertiary/aromatic N) is 2. The molecule has 3 rings (SSSR count). The fourth-order valence-electron chi connectivity index (χ4n) is 4.04. The van der Waals surface area contributed by atoms with Crippen molar-refractivity contribution in [2.75, 3.05) is 18.0 Å². The molecule has 0 bridgehead atoms. The lowest BCUT2D eigenvalue weighted by molar-refractivity contribution is -0.124. The Morgan fingerprint density at radius 1 is 1.30 bits per heavy atom. The van der Waals surface area contributed by atoms with Gasteiger partial charge in [-0.25, -0.2) is 0 Å². The van der Waals surface area contributed by atoms with Gasteiger partial charge in [0.05, 0.1) is 12.1 Å². The number of fused-ring (bicyclic) bond motifs is 1. The van der Waals surface area contributed by atoms with Crippen LogP contribution >= 0.6 is 0 Å². The fourth-order valence-corrected chi connectivity index (χ4v) is 4.04. The van der Waals surface area contributed by atoms with E-state index in [0.717, 1.165) is 38.0 Å². The zero-order chi connectivity index (χ0) is 16.6. The minimum Gasteiger partial charge on any atom is -0.393 e. The smallest absolute Gasteiger partial charge is 0.244 e. The molecule has 1 fully saturated rings. The van der Waals surface area contributed by atoms with Gasteiger partial charge in [-0.2, -0.15) is 0 Å². The molecule has 1 aromatic rings. The molecule has 126 valence electrons. The number of likely N-dealkylation sites (tertiary alicyclic amines) is 1. The summed E-state index contributed by atoms with van der Waals surface area (Å²) in [5, 5.41) is 9.88. The third-order valence-corrected chi connectivity index (χ3v) is 5.52. The summed E-state index contributed by atoms with van der Waals surface area (Å²) in [6.45, 7) is 7.76. The highest BCUT2D eigenvalue weighted by atomic mass is 16.3. The second-order valence-electron chi connectivity index (χ2n) is 7.20. The van der Waals surface area contributed by atoms with Gasteiger partial charge in [-0.3, -0.25) is 9.69 Å². The largest absolute Gasteiger partial charge is 0.393 e. The fraction of sp³-hybridized carbons (Fsp3) is 0.632. The number of hydrogen-bond acceptors (Lipinski definition) is 3. The Morgan fingerprint density at radius 3 is 2.78 bits per heavy atom. The molecule has 2 heterocycles. The third-order valence-electron chi connectivity index (χ3n) is 5.52. The summed E-state index contributed by atoms with van der Waals surface area (Å²) in [7, 11) is 0. The maximum Gasteiger partial charge on any atom is 0.244 e. The van der Waals surface area contributed by atoms with E-state index >= 15 is 0 Å². The van der Waals surface area contributed by atoms with Crippen LogP contribution < -0.4 is 4.90 Å². The molecule has 0 saturated carbocycles. The highest BCUT2D eigenvalue weighted by Crippen LogP contribution is 2.33. The number of rotatable bonds is 3. The van der Waals surface area contributed by atoms with Crippen LogP contribution in [0.15, 0.2) is 24.3 Å². The Hall–Kier alpha value is -1.39. The lowest BCUT2D eigenvalue weighted by atomic mass is 9.92. The average molecular weight is 316 g/mol. The summed E-state index contributed by atoms with van der Waals surface area (Å²) >= 11 is 0. The molecule has 1 saturated heterocycles. The maximum absolute atomic E-state index is 13.1. The number of anilines is 1. The van der Waals surface area contributed by atoms with Gasteiger partial charge in [0, 0.05) is 18.3 Å². The number of amides is 1.